The zero-order valence-corrected chi connectivity index (χ0v) is 8.71. The van der Waals surface area contributed by atoms with Gasteiger partial charge in [0.15, 0.2) is 5.78 Å². The molecule has 0 heterocycles. The molecule has 1 unspecified atom stereocenters. The van der Waals surface area contributed by atoms with E-state index in [9.17, 15) is 9.59 Å². The average molecular weight is 247 g/mol. The van der Waals surface area contributed by atoms with Gasteiger partial charge < -0.3 is 16.6 Å². The highest BCUT2D eigenvalue weighted by molar-refractivity contribution is 6.31. The van der Waals surface area contributed by atoms with Crippen molar-refractivity contribution in [2.45, 2.75) is 12.4 Å². The molecule has 86 valence electrons. The van der Waals surface area contributed by atoms with Crippen LogP contribution in [0, 0.1) is 0 Å². The largest absolute Gasteiger partial charge is 0.480 e. The van der Waals surface area contributed by atoms with Crippen LogP contribution in [0.4, 0.5) is 5.69 Å². The molecule has 1 aromatic carbocycles. The Morgan fingerprint density at radius 3 is 2.88 bits per heavy atom. The van der Waals surface area contributed by atoms with E-state index in [1.165, 1.54) is 0 Å². The van der Waals surface area contributed by atoms with Crippen LogP contribution in [0.5, 0.6) is 0 Å². The van der Waals surface area contributed by atoms with Crippen molar-refractivity contribution < 1.29 is 20.2 Å². The van der Waals surface area contributed by atoms with Crippen LogP contribution >= 0.6 is 11.6 Å². The van der Waals surface area contributed by atoms with Gasteiger partial charge in [-0.05, 0) is 18.2 Å². The minimum Gasteiger partial charge on any atom is -0.480 e. The molecule has 16 heavy (non-hydrogen) atoms. The van der Waals surface area contributed by atoms with Crippen LogP contribution in [0.15, 0.2) is 18.2 Å². The fourth-order valence-electron chi connectivity index (χ4n) is 0.925. The third-order valence-electron chi connectivity index (χ3n) is 1.66. The van der Waals surface area contributed by atoms with E-state index < -0.39 is 41.4 Å². The van der Waals surface area contributed by atoms with Crippen molar-refractivity contribution in [2.24, 2.45) is 5.73 Å². The monoisotopic (exact) mass is 246 g/mol. The van der Waals surface area contributed by atoms with Crippen LogP contribution in [0.2, 0.25) is 5.02 Å². The SMILES string of the molecule is [2H]c1c(Cl)ccc(C(=O)C([2H])([2H])C([2H])(N)C(=O)O)c1N. The second-order valence-electron chi connectivity index (χ2n) is 2.81. The number of hydrogen-bond acceptors (Lipinski definition) is 4. The molecule has 6 heteroatoms. The number of aliphatic carboxylic acids is 1. The van der Waals surface area contributed by atoms with Crippen molar-refractivity contribution in [1.29, 1.82) is 0 Å². The predicted molar refractivity (Wildman–Crippen MR) is 60.4 cm³/mol. The van der Waals surface area contributed by atoms with Gasteiger partial charge in [0.25, 0.3) is 0 Å². The quantitative estimate of drug-likeness (QED) is 0.541. The number of carbonyl (C=O) groups is 2. The van der Waals surface area contributed by atoms with Crippen molar-refractivity contribution in [3.63, 3.8) is 0 Å². The Morgan fingerprint density at radius 1 is 1.69 bits per heavy atom. The summed E-state index contributed by atoms with van der Waals surface area (Å²) in [6.45, 7) is 0. The predicted octanol–water partition coefficient (Wildman–Crippen LogP) is 0.907. The zero-order chi connectivity index (χ0) is 15.9. The van der Waals surface area contributed by atoms with Gasteiger partial charge in [-0.25, -0.2) is 0 Å². The lowest BCUT2D eigenvalue weighted by molar-refractivity contribution is -0.138. The van der Waals surface area contributed by atoms with E-state index in [0.717, 1.165) is 12.1 Å². The van der Waals surface area contributed by atoms with E-state index >= 15 is 0 Å². The molecule has 1 atom stereocenters. The standard InChI is InChI=1S/C10H11ClN2O3/c11-5-1-2-6(7(12)3-5)9(14)4-8(13)10(15)16/h1-3,8H,4,12-13H2,(H,15,16)/i3D,4D2,8D. The van der Waals surface area contributed by atoms with E-state index in [1.54, 1.807) is 0 Å². The Labute approximate surface area is 103 Å². The van der Waals surface area contributed by atoms with Crippen molar-refractivity contribution in [2.75, 3.05) is 5.73 Å². The van der Waals surface area contributed by atoms with Crippen molar-refractivity contribution in [3.8, 4) is 0 Å². The van der Waals surface area contributed by atoms with Crippen LogP contribution in [0.25, 0.3) is 0 Å². The number of halogens is 1. The summed E-state index contributed by atoms with van der Waals surface area (Å²) < 4.78 is 29.8. The number of rotatable bonds is 4. The molecular formula is C10H11ClN2O3. The minimum absolute atomic E-state index is 0.0530. The number of hydrogen-bond donors (Lipinski definition) is 3. The molecule has 0 spiro atoms. The van der Waals surface area contributed by atoms with E-state index in [2.05, 4.69) is 0 Å². The Balaban J connectivity index is 3.39. The third-order valence-corrected chi connectivity index (χ3v) is 1.88. The number of carboxylic acids is 1. The highest BCUT2D eigenvalue weighted by Crippen LogP contribution is 2.19. The van der Waals surface area contributed by atoms with Crippen molar-refractivity contribution >= 4 is 29.0 Å². The number of anilines is 1. The first-order valence-corrected chi connectivity index (χ1v) is 4.44. The lowest BCUT2D eigenvalue weighted by Gasteiger charge is -2.07. The summed E-state index contributed by atoms with van der Waals surface area (Å²) in [5, 5.41) is 8.69. The van der Waals surface area contributed by atoms with Gasteiger partial charge in [0.2, 0.25) is 0 Å². The molecule has 0 saturated carbocycles. The van der Waals surface area contributed by atoms with Gasteiger partial charge in [-0.1, -0.05) is 11.6 Å². The Hall–Kier alpha value is -1.59. The molecule has 0 bridgehead atoms. The normalized spacial score (nSPS) is 18.6. The van der Waals surface area contributed by atoms with Gasteiger partial charge in [-0.15, -0.1) is 0 Å². The van der Waals surface area contributed by atoms with Gasteiger partial charge in [0, 0.05) is 25.4 Å². The van der Waals surface area contributed by atoms with Gasteiger partial charge in [-0.2, -0.15) is 0 Å². The second-order valence-corrected chi connectivity index (χ2v) is 3.21. The Bertz CT molecular complexity index is 592. The Kier molecular flexibility index (Phi) is 2.37. The van der Waals surface area contributed by atoms with E-state index in [-0.39, 0.29) is 5.02 Å². The molecule has 0 amide bonds. The maximum Gasteiger partial charge on any atom is 0.320 e. The molecule has 0 saturated heterocycles. The van der Waals surface area contributed by atoms with E-state index in [4.69, 9.17) is 33.7 Å². The highest BCUT2D eigenvalue weighted by atomic mass is 35.5. The summed E-state index contributed by atoms with van der Waals surface area (Å²) in [6, 6.07) is -1.39. The van der Waals surface area contributed by atoms with Crippen LogP contribution in [-0.2, 0) is 4.79 Å². The molecular weight excluding hydrogens is 232 g/mol. The summed E-state index contributed by atoms with van der Waals surface area (Å²) in [7, 11) is 0. The third kappa shape index (κ3) is 2.95. The number of benzene rings is 1. The molecule has 1 aromatic rings. The summed E-state index contributed by atoms with van der Waals surface area (Å²) in [6.07, 6.45) is -3.24. The van der Waals surface area contributed by atoms with Crippen LogP contribution in [0.1, 0.15) is 22.2 Å². The Morgan fingerprint density at radius 2 is 2.31 bits per heavy atom. The van der Waals surface area contributed by atoms with Crippen molar-refractivity contribution in [1.82, 2.24) is 0 Å². The van der Waals surface area contributed by atoms with Gasteiger partial charge >= 0.3 is 5.97 Å². The first kappa shape index (κ1) is 7.65. The summed E-state index contributed by atoms with van der Waals surface area (Å²) in [5.74, 6) is -3.41. The highest BCUT2D eigenvalue weighted by Gasteiger charge is 2.18. The number of carboxylic acid groups (broad SMARTS) is 1. The molecule has 0 aliphatic rings. The summed E-state index contributed by atoms with van der Waals surface area (Å²) in [4.78, 5) is 22.9. The minimum atomic E-state index is -3.24. The molecule has 5 N–H and O–H groups in total. The summed E-state index contributed by atoms with van der Waals surface area (Å²) in [5.41, 5.74) is 9.68. The van der Waals surface area contributed by atoms with E-state index in [0.29, 0.717) is 0 Å². The fourth-order valence-corrected chi connectivity index (χ4v) is 1.09. The first-order chi connectivity index (χ1) is 8.94. The van der Waals surface area contributed by atoms with Gasteiger partial charge in [-0.3, -0.25) is 9.59 Å². The molecule has 1 rings (SSSR count). The molecule has 5 nitrogen and oxygen atoms in total. The van der Waals surface area contributed by atoms with E-state index in [1.807, 2.05) is 0 Å². The lowest BCUT2D eigenvalue weighted by Crippen LogP contribution is -2.32. The van der Waals surface area contributed by atoms with Crippen LogP contribution < -0.4 is 11.5 Å². The lowest BCUT2D eigenvalue weighted by atomic mass is 10.0. The smallest absolute Gasteiger partial charge is 0.320 e. The number of nitrogen functional groups attached to an aromatic ring is 1. The maximum atomic E-state index is 12.1. The topological polar surface area (TPSA) is 106 Å². The number of carbonyl (C=O) groups excluding carboxylic acids is 1. The summed E-state index contributed by atoms with van der Waals surface area (Å²) >= 11 is 5.62. The number of ketones is 1. The molecule has 0 radical (unpaired) electrons. The van der Waals surface area contributed by atoms with Gasteiger partial charge in [0.1, 0.15) is 6.02 Å². The first-order valence-electron chi connectivity index (χ1n) is 6.06. The van der Waals surface area contributed by atoms with Crippen molar-refractivity contribution in [3.05, 3.63) is 28.8 Å². The molecule has 0 aliphatic heterocycles. The average Bonchev–Trinajstić information content (AvgIpc) is 2.35. The van der Waals surface area contributed by atoms with Gasteiger partial charge in [0.05, 0.1) is 2.74 Å². The molecule has 0 aliphatic carbocycles. The van der Waals surface area contributed by atoms with Crippen LogP contribution in [-0.4, -0.2) is 22.9 Å². The molecule has 0 fully saturated rings. The second kappa shape index (κ2) is 4.96. The fraction of sp³-hybridized carbons (Fsp3) is 0.200. The number of Topliss-reactive ketones (excluding diaryl/α,β-unsaturated/α-hetero) is 1. The number of nitrogens with two attached hydrogens (primary N) is 2. The zero-order valence-electron chi connectivity index (χ0n) is 12.0. The maximum absolute atomic E-state index is 12.1. The van der Waals surface area contributed by atoms with Crippen LogP contribution in [0.3, 0.4) is 0 Å². The molecule has 0 aromatic heterocycles.